The number of hydrogen-bond acceptors (Lipinski definition) is 2. The normalized spacial score (nSPS) is 14.6. The third-order valence-electron chi connectivity index (χ3n) is 2.44. The molecule has 0 bridgehead atoms. The first-order valence-corrected chi connectivity index (χ1v) is 5.95. The highest BCUT2D eigenvalue weighted by Gasteiger charge is 2.30. The summed E-state index contributed by atoms with van der Waals surface area (Å²) >= 11 is 0. The van der Waals surface area contributed by atoms with Crippen LogP contribution in [-0.2, 0) is 4.79 Å². The second-order valence-electron chi connectivity index (χ2n) is 4.50. The maximum absolute atomic E-state index is 12.0. The van der Waals surface area contributed by atoms with Crippen LogP contribution in [0.4, 0.5) is 18.0 Å². The zero-order valence-electron chi connectivity index (χ0n) is 10.9. The highest BCUT2D eigenvalue weighted by molar-refractivity contribution is 5.74. The number of nitrogens with one attached hydrogen (secondary N) is 2. The van der Waals surface area contributed by atoms with Gasteiger partial charge in [0, 0.05) is 12.6 Å². The molecule has 2 unspecified atom stereocenters. The maximum atomic E-state index is 12.0. The van der Waals surface area contributed by atoms with Crippen LogP contribution < -0.4 is 10.6 Å². The number of carbonyl (C=O) groups excluding carboxylic acids is 1. The van der Waals surface area contributed by atoms with Gasteiger partial charge >= 0.3 is 18.2 Å². The van der Waals surface area contributed by atoms with E-state index in [9.17, 15) is 22.8 Å². The van der Waals surface area contributed by atoms with Crippen molar-refractivity contribution in [1.82, 2.24) is 10.6 Å². The van der Waals surface area contributed by atoms with Crippen molar-refractivity contribution >= 4 is 12.0 Å². The van der Waals surface area contributed by atoms with E-state index >= 15 is 0 Å². The molecular formula is C11H19F3N2O3. The third-order valence-corrected chi connectivity index (χ3v) is 2.44. The maximum Gasteiger partial charge on any atom is 0.391 e. The molecule has 19 heavy (non-hydrogen) atoms. The fourth-order valence-electron chi connectivity index (χ4n) is 1.41. The Morgan fingerprint density at radius 1 is 1.26 bits per heavy atom. The molecule has 0 saturated carbocycles. The standard InChI is InChI=1S/C11H19F3N2O3/c1-7(9(17)18)4-3-5-15-10(19)16-8(2)6-11(12,13)14/h7-8H,3-6H2,1-2H3,(H,17,18)(H2,15,16,19). The van der Waals surface area contributed by atoms with E-state index in [4.69, 9.17) is 5.11 Å². The average Bonchev–Trinajstić information content (AvgIpc) is 2.20. The SMILES string of the molecule is CC(CC(F)(F)F)NC(=O)NCCCC(C)C(=O)O. The molecule has 0 aliphatic rings. The van der Waals surface area contributed by atoms with Gasteiger partial charge in [-0.15, -0.1) is 0 Å². The predicted octanol–water partition coefficient (Wildman–Crippen LogP) is 2.13. The molecule has 0 saturated heterocycles. The lowest BCUT2D eigenvalue weighted by molar-refractivity contribution is -0.141. The molecule has 0 rings (SSSR count). The molecule has 112 valence electrons. The molecule has 0 aliphatic heterocycles. The van der Waals surface area contributed by atoms with Crippen molar-refractivity contribution in [2.45, 2.75) is 45.3 Å². The van der Waals surface area contributed by atoms with Crippen LogP contribution in [0.5, 0.6) is 0 Å². The van der Waals surface area contributed by atoms with E-state index in [-0.39, 0.29) is 6.54 Å². The van der Waals surface area contributed by atoms with Crippen LogP contribution >= 0.6 is 0 Å². The Morgan fingerprint density at radius 2 is 1.84 bits per heavy atom. The summed E-state index contributed by atoms with van der Waals surface area (Å²) in [4.78, 5) is 21.7. The molecular weight excluding hydrogens is 265 g/mol. The summed E-state index contributed by atoms with van der Waals surface area (Å²) in [5, 5.41) is 13.2. The average molecular weight is 284 g/mol. The van der Waals surface area contributed by atoms with E-state index in [0.717, 1.165) is 0 Å². The van der Waals surface area contributed by atoms with Gasteiger partial charge in [-0.1, -0.05) is 6.92 Å². The number of halogens is 3. The van der Waals surface area contributed by atoms with Gasteiger partial charge in [0.25, 0.3) is 0 Å². The molecule has 0 radical (unpaired) electrons. The fraction of sp³-hybridized carbons (Fsp3) is 0.818. The number of carboxylic acid groups (broad SMARTS) is 1. The van der Waals surface area contributed by atoms with Crippen molar-refractivity contribution in [3.8, 4) is 0 Å². The van der Waals surface area contributed by atoms with Crippen LogP contribution in [0, 0.1) is 5.92 Å². The summed E-state index contributed by atoms with van der Waals surface area (Å²) < 4.78 is 36.0. The minimum Gasteiger partial charge on any atom is -0.481 e. The Morgan fingerprint density at radius 3 is 2.32 bits per heavy atom. The van der Waals surface area contributed by atoms with Crippen molar-refractivity contribution < 1.29 is 27.9 Å². The third kappa shape index (κ3) is 10.2. The van der Waals surface area contributed by atoms with Crippen LogP contribution in [0.2, 0.25) is 0 Å². The Balaban J connectivity index is 3.73. The van der Waals surface area contributed by atoms with Gasteiger partial charge in [0.1, 0.15) is 0 Å². The molecule has 0 aliphatic carbocycles. The molecule has 0 aromatic carbocycles. The summed E-state index contributed by atoms with van der Waals surface area (Å²) in [5.41, 5.74) is 0. The highest BCUT2D eigenvalue weighted by atomic mass is 19.4. The van der Waals surface area contributed by atoms with Crippen LogP contribution in [-0.4, -0.2) is 35.9 Å². The van der Waals surface area contributed by atoms with Crippen LogP contribution in [0.1, 0.15) is 33.1 Å². The lowest BCUT2D eigenvalue weighted by Crippen LogP contribution is -2.42. The smallest absolute Gasteiger partial charge is 0.391 e. The monoisotopic (exact) mass is 284 g/mol. The van der Waals surface area contributed by atoms with E-state index in [2.05, 4.69) is 10.6 Å². The first-order valence-electron chi connectivity index (χ1n) is 5.95. The number of aliphatic carboxylic acids is 1. The first kappa shape index (κ1) is 17.5. The van der Waals surface area contributed by atoms with E-state index < -0.39 is 36.6 Å². The Hall–Kier alpha value is -1.47. The highest BCUT2D eigenvalue weighted by Crippen LogP contribution is 2.21. The van der Waals surface area contributed by atoms with Crippen molar-refractivity contribution in [1.29, 1.82) is 0 Å². The van der Waals surface area contributed by atoms with Crippen molar-refractivity contribution in [2.75, 3.05) is 6.54 Å². The zero-order chi connectivity index (χ0) is 15.1. The Kier molecular flexibility index (Phi) is 7.25. The lowest BCUT2D eigenvalue weighted by atomic mass is 10.1. The quantitative estimate of drug-likeness (QED) is 0.627. The summed E-state index contributed by atoms with van der Waals surface area (Å²) in [7, 11) is 0. The predicted molar refractivity (Wildman–Crippen MR) is 62.7 cm³/mol. The minimum atomic E-state index is -4.32. The van der Waals surface area contributed by atoms with E-state index in [0.29, 0.717) is 12.8 Å². The molecule has 0 aromatic heterocycles. The molecule has 2 atom stereocenters. The number of amides is 2. The summed E-state index contributed by atoms with van der Waals surface area (Å²) in [5.74, 6) is -1.42. The second-order valence-corrected chi connectivity index (χ2v) is 4.50. The zero-order valence-corrected chi connectivity index (χ0v) is 10.9. The van der Waals surface area contributed by atoms with Gasteiger partial charge in [-0.2, -0.15) is 13.2 Å². The van der Waals surface area contributed by atoms with Gasteiger partial charge in [0.2, 0.25) is 0 Å². The molecule has 5 nitrogen and oxygen atoms in total. The van der Waals surface area contributed by atoms with Gasteiger partial charge in [-0.05, 0) is 19.8 Å². The Bertz CT molecular complexity index is 308. The van der Waals surface area contributed by atoms with Crippen molar-refractivity contribution in [2.24, 2.45) is 5.92 Å². The van der Waals surface area contributed by atoms with Gasteiger partial charge in [0.05, 0.1) is 12.3 Å². The van der Waals surface area contributed by atoms with Gasteiger partial charge in [-0.25, -0.2) is 4.79 Å². The number of hydrogen-bond donors (Lipinski definition) is 3. The van der Waals surface area contributed by atoms with Crippen molar-refractivity contribution in [3.05, 3.63) is 0 Å². The molecule has 0 fully saturated rings. The van der Waals surface area contributed by atoms with Crippen LogP contribution in [0.15, 0.2) is 0 Å². The van der Waals surface area contributed by atoms with Crippen LogP contribution in [0.3, 0.4) is 0 Å². The van der Waals surface area contributed by atoms with Gasteiger partial charge in [-0.3, -0.25) is 4.79 Å². The Labute approximate surface area is 109 Å². The van der Waals surface area contributed by atoms with Crippen molar-refractivity contribution in [3.63, 3.8) is 0 Å². The minimum absolute atomic E-state index is 0.224. The molecule has 8 heteroatoms. The van der Waals surface area contributed by atoms with E-state index in [1.807, 2.05) is 0 Å². The largest absolute Gasteiger partial charge is 0.481 e. The number of alkyl halides is 3. The van der Waals surface area contributed by atoms with Gasteiger partial charge in [0.15, 0.2) is 0 Å². The fourth-order valence-corrected chi connectivity index (χ4v) is 1.41. The lowest BCUT2D eigenvalue weighted by Gasteiger charge is -2.16. The molecule has 2 amide bonds. The number of urea groups is 1. The molecule has 3 N–H and O–H groups in total. The number of carboxylic acids is 1. The second kappa shape index (κ2) is 7.85. The number of carbonyl (C=O) groups is 2. The molecule has 0 spiro atoms. The van der Waals surface area contributed by atoms with Crippen LogP contribution in [0.25, 0.3) is 0 Å². The molecule has 0 heterocycles. The number of rotatable bonds is 7. The summed E-state index contributed by atoms with van der Waals surface area (Å²) in [6.07, 6.45) is -4.55. The van der Waals surface area contributed by atoms with Gasteiger partial charge < -0.3 is 15.7 Å². The topological polar surface area (TPSA) is 78.4 Å². The van der Waals surface area contributed by atoms with E-state index in [1.165, 1.54) is 6.92 Å². The van der Waals surface area contributed by atoms with E-state index in [1.54, 1.807) is 6.92 Å². The summed E-state index contributed by atoms with van der Waals surface area (Å²) in [6, 6.07) is -1.68. The first-order chi connectivity index (χ1) is 8.61. The summed E-state index contributed by atoms with van der Waals surface area (Å²) in [6.45, 7) is 3.04. The molecule has 0 aromatic rings.